The van der Waals surface area contributed by atoms with Crippen molar-refractivity contribution in [1.82, 2.24) is 4.98 Å². The second-order valence-electron chi connectivity index (χ2n) is 4.01. The van der Waals surface area contributed by atoms with Gasteiger partial charge in [-0.05, 0) is 44.2 Å². The number of anilines is 2. The van der Waals surface area contributed by atoms with Crippen molar-refractivity contribution < 1.29 is 0 Å². The maximum Gasteiger partial charge on any atom is 0.101 e. The molecule has 0 spiro atoms. The van der Waals surface area contributed by atoms with Crippen molar-refractivity contribution >= 4 is 23.0 Å². The van der Waals surface area contributed by atoms with Crippen LogP contribution < -0.4 is 5.32 Å². The molecular weight excluding hydrogens is 246 g/mol. The molecule has 4 heteroatoms. The van der Waals surface area contributed by atoms with Crippen molar-refractivity contribution in [3.63, 3.8) is 0 Å². The molecule has 0 bridgehead atoms. The first-order valence-electron chi connectivity index (χ1n) is 5.51. The standard InChI is InChI=1S/C14H12ClN3/c1-9-3-6-13(10(2)17-9)18-14-7-12(15)5-4-11(14)8-16/h3-7,18H,1-2H3. The number of rotatable bonds is 2. The molecule has 1 aromatic carbocycles. The third-order valence-corrected chi connectivity index (χ3v) is 2.83. The first kappa shape index (κ1) is 12.4. The van der Waals surface area contributed by atoms with Crippen LogP contribution >= 0.6 is 11.6 Å². The molecule has 1 heterocycles. The van der Waals surface area contributed by atoms with Crippen LogP contribution in [0.3, 0.4) is 0 Å². The summed E-state index contributed by atoms with van der Waals surface area (Å²) in [6, 6.07) is 11.1. The van der Waals surface area contributed by atoms with E-state index in [1.54, 1.807) is 18.2 Å². The van der Waals surface area contributed by atoms with E-state index in [-0.39, 0.29) is 0 Å². The van der Waals surface area contributed by atoms with Crippen LogP contribution in [-0.4, -0.2) is 4.98 Å². The number of hydrogen-bond acceptors (Lipinski definition) is 3. The van der Waals surface area contributed by atoms with Gasteiger partial charge in [0.15, 0.2) is 0 Å². The Bertz CT molecular complexity index is 629. The van der Waals surface area contributed by atoms with Crippen LogP contribution in [0.15, 0.2) is 30.3 Å². The number of hydrogen-bond donors (Lipinski definition) is 1. The summed E-state index contributed by atoms with van der Waals surface area (Å²) in [7, 11) is 0. The quantitative estimate of drug-likeness (QED) is 0.886. The van der Waals surface area contributed by atoms with E-state index in [9.17, 15) is 0 Å². The highest BCUT2D eigenvalue weighted by atomic mass is 35.5. The van der Waals surface area contributed by atoms with E-state index in [1.807, 2.05) is 26.0 Å². The average molecular weight is 258 g/mol. The molecule has 3 nitrogen and oxygen atoms in total. The monoisotopic (exact) mass is 257 g/mol. The van der Waals surface area contributed by atoms with Gasteiger partial charge in [-0.2, -0.15) is 5.26 Å². The second kappa shape index (κ2) is 5.07. The van der Waals surface area contributed by atoms with Gasteiger partial charge in [0, 0.05) is 10.7 Å². The summed E-state index contributed by atoms with van der Waals surface area (Å²) in [6.45, 7) is 3.86. The predicted molar refractivity (Wildman–Crippen MR) is 73.2 cm³/mol. The van der Waals surface area contributed by atoms with Crippen molar-refractivity contribution in [2.24, 2.45) is 0 Å². The van der Waals surface area contributed by atoms with Gasteiger partial charge >= 0.3 is 0 Å². The Balaban J connectivity index is 2.40. The lowest BCUT2D eigenvalue weighted by Crippen LogP contribution is -1.98. The zero-order valence-electron chi connectivity index (χ0n) is 10.2. The molecule has 1 aromatic heterocycles. The van der Waals surface area contributed by atoms with Crippen LogP contribution in [-0.2, 0) is 0 Å². The fourth-order valence-electron chi connectivity index (χ4n) is 1.68. The minimum Gasteiger partial charge on any atom is -0.353 e. The van der Waals surface area contributed by atoms with Crippen molar-refractivity contribution in [3.05, 3.63) is 52.3 Å². The van der Waals surface area contributed by atoms with Crippen molar-refractivity contribution in [2.45, 2.75) is 13.8 Å². The van der Waals surface area contributed by atoms with Gasteiger partial charge in [0.05, 0.1) is 22.6 Å². The summed E-state index contributed by atoms with van der Waals surface area (Å²) in [5.74, 6) is 0. The Morgan fingerprint density at radius 2 is 1.94 bits per heavy atom. The molecule has 0 saturated carbocycles. The highest BCUT2D eigenvalue weighted by Gasteiger charge is 2.06. The lowest BCUT2D eigenvalue weighted by molar-refractivity contribution is 1.12. The molecule has 0 aliphatic rings. The summed E-state index contributed by atoms with van der Waals surface area (Å²) in [5, 5.41) is 12.8. The van der Waals surface area contributed by atoms with Gasteiger partial charge in [-0.3, -0.25) is 4.98 Å². The van der Waals surface area contributed by atoms with Crippen LogP contribution in [0, 0.1) is 25.2 Å². The molecule has 2 rings (SSSR count). The van der Waals surface area contributed by atoms with Gasteiger partial charge in [-0.15, -0.1) is 0 Å². The fraction of sp³-hybridized carbons (Fsp3) is 0.143. The third-order valence-electron chi connectivity index (χ3n) is 2.60. The smallest absolute Gasteiger partial charge is 0.101 e. The maximum absolute atomic E-state index is 9.05. The highest BCUT2D eigenvalue weighted by Crippen LogP contribution is 2.25. The van der Waals surface area contributed by atoms with E-state index in [4.69, 9.17) is 16.9 Å². The molecule has 0 saturated heterocycles. The number of benzene rings is 1. The van der Waals surface area contributed by atoms with E-state index in [0.717, 1.165) is 17.1 Å². The number of aryl methyl sites for hydroxylation is 2. The first-order chi connectivity index (χ1) is 8.60. The topological polar surface area (TPSA) is 48.7 Å². The number of nitrogens with one attached hydrogen (secondary N) is 1. The number of aromatic nitrogens is 1. The van der Waals surface area contributed by atoms with Gasteiger partial charge in [0.25, 0.3) is 0 Å². The molecule has 0 aliphatic carbocycles. The third kappa shape index (κ3) is 2.61. The van der Waals surface area contributed by atoms with Crippen molar-refractivity contribution in [3.8, 4) is 6.07 Å². The van der Waals surface area contributed by atoms with Crippen LogP contribution in [0.4, 0.5) is 11.4 Å². The molecule has 0 aliphatic heterocycles. The van der Waals surface area contributed by atoms with Gasteiger partial charge in [0.2, 0.25) is 0 Å². The largest absolute Gasteiger partial charge is 0.353 e. The summed E-state index contributed by atoms with van der Waals surface area (Å²) in [6.07, 6.45) is 0. The predicted octanol–water partition coefficient (Wildman–Crippen LogP) is 3.97. The molecule has 0 radical (unpaired) electrons. The number of halogens is 1. The minimum absolute atomic E-state index is 0.555. The summed E-state index contributed by atoms with van der Waals surface area (Å²) >= 11 is 5.94. The molecular formula is C14H12ClN3. The molecule has 2 aromatic rings. The zero-order valence-corrected chi connectivity index (χ0v) is 10.9. The van der Waals surface area contributed by atoms with Crippen LogP contribution in [0.5, 0.6) is 0 Å². The number of pyridine rings is 1. The van der Waals surface area contributed by atoms with Gasteiger partial charge in [-0.25, -0.2) is 0 Å². The number of nitriles is 1. The minimum atomic E-state index is 0.555. The van der Waals surface area contributed by atoms with E-state index in [2.05, 4.69) is 16.4 Å². The van der Waals surface area contributed by atoms with Gasteiger partial charge in [-0.1, -0.05) is 11.6 Å². The van der Waals surface area contributed by atoms with Crippen molar-refractivity contribution in [2.75, 3.05) is 5.32 Å². The Kier molecular flexibility index (Phi) is 3.50. The molecule has 18 heavy (non-hydrogen) atoms. The maximum atomic E-state index is 9.05. The highest BCUT2D eigenvalue weighted by molar-refractivity contribution is 6.30. The van der Waals surface area contributed by atoms with E-state index in [1.165, 1.54) is 0 Å². The Morgan fingerprint density at radius 1 is 1.17 bits per heavy atom. The Morgan fingerprint density at radius 3 is 2.61 bits per heavy atom. The van der Waals surface area contributed by atoms with Crippen molar-refractivity contribution in [1.29, 1.82) is 5.26 Å². The molecule has 0 fully saturated rings. The Labute approximate surface area is 111 Å². The second-order valence-corrected chi connectivity index (χ2v) is 4.45. The van der Waals surface area contributed by atoms with E-state index >= 15 is 0 Å². The Hall–Kier alpha value is -2.05. The summed E-state index contributed by atoms with van der Waals surface area (Å²) < 4.78 is 0. The van der Waals surface area contributed by atoms with Crippen LogP contribution in [0.2, 0.25) is 5.02 Å². The molecule has 0 unspecified atom stereocenters. The number of nitrogens with zero attached hydrogens (tertiary/aromatic N) is 2. The zero-order chi connectivity index (χ0) is 13.1. The molecule has 0 atom stereocenters. The van der Waals surface area contributed by atoms with Gasteiger partial charge in [0.1, 0.15) is 6.07 Å². The molecule has 1 N–H and O–H groups in total. The van der Waals surface area contributed by atoms with Crippen LogP contribution in [0.1, 0.15) is 17.0 Å². The first-order valence-corrected chi connectivity index (χ1v) is 5.89. The SMILES string of the molecule is Cc1ccc(Nc2cc(Cl)ccc2C#N)c(C)n1. The fourth-order valence-corrected chi connectivity index (χ4v) is 1.85. The van der Waals surface area contributed by atoms with E-state index in [0.29, 0.717) is 16.3 Å². The molecule has 0 amide bonds. The lowest BCUT2D eigenvalue weighted by Gasteiger charge is -2.11. The molecule has 90 valence electrons. The summed E-state index contributed by atoms with van der Waals surface area (Å²) in [4.78, 5) is 4.37. The van der Waals surface area contributed by atoms with Crippen LogP contribution in [0.25, 0.3) is 0 Å². The van der Waals surface area contributed by atoms with E-state index < -0.39 is 0 Å². The lowest BCUT2D eigenvalue weighted by atomic mass is 10.2. The summed E-state index contributed by atoms with van der Waals surface area (Å²) in [5.41, 5.74) is 3.97. The normalized spacial score (nSPS) is 9.89. The van der Waals surface area contributed by atoms with Gasteiger partial charge < -0.3 is 5.32 Å². The average Bonchev–Trinajstić information content (AvgIpc) is 2.33.